The number of hydrogen-bond donors (Lipinski definition) is 1. The predicted octanol–water partition coefficient (Wildman–Crippen LogP) is 6.25. The number of thiazole rings is 1. The van der Waals surface area contributed by atoms with Crippen LogP contribution in [0.25, 0.3) is 5.13 Å². The number of aromatic nitrogens is 3. The quantitative estimate of drug-likeness (QED) is 0.347. The Hall–Kier alpha value is -3.03. The van der Waals surface area contributed by atoms with Crippen LogP contribution >= 0.6 is 23.6 Å². The second-order valence-electron chi connectivity index (χ2n) is 8.72. The Morgan fingerprint density at radius 2 is 1.82 bits per heavy atom. The monoisotopic (exact) mass is 473 g/mol. The van der Waals surface area contributed by atoms with Crippen molar-refractivity contribution in [3.05, 3.63) is 94.5 Å². The fourth-order valence-electron chi connectivity index (χ4n) is 4.68. The van der Waals surface area contributed by atoms with Crippen molar-refractivity contribution >= 4 is 34.4 Å². The van der Waals surface area contributed by atoms with Crippen molar-refractivity contribution in [3.63, 3.8) is 0 Å². The number of benzene rings is 1. The average Bonchev–Trinajstić information content (AvgIpc) is 3.52. The molecule has 7 heteroatoms. The van der Waals surface area contributed by atoms with Crippen LogP contribution in [0.2, 0.25) is 0 Å². The van der Waals surface area contributed by atoms with Crippen LogP contribution in [0.1, 0.15) is 60.1 Å². The molecule has 0 aliphatic carbocycles. The van der Waals surface area contributed by atoms with Gasteiger partial charge in [-0.2, -0.15) is 0 Å². The summed E-state index contributed by atoms with van der Waals surface area (Å²) in [5.41, 5.74) is 6.92. The van der Waals surface area contributed by atoms with Crippen molar-refractivity contribution in [1.82, 2.24) is 19.9 Å². The number of rotatable bonds is 5. The highest BCUT2D eigenvalue weighted by atomic mass is 32.1. The normalized spacial score (nSPS) is 18.2. The number of thiocarbonyl (C=S) groups is 1. The van der Waals surface area contributed by atoms with Gasteiger partial charge in [-0.25, -0.2) is 4.98 Å². The SMILES string of the molecule is Cc1cc([C@@H]2[C@H](c3ccccn3)NC(=S)N2c2ccc(C(C)C)cc2)c(C)n1-c1nccs1. The van der Waals surface area contributed by atoms with E-state index in [1.165, 1.54) is 16.8 Å². The third kappa shape index (κ3) is 3.85. The Bertz CT molecular complexity index is 1260. The molecule has 168 valence electrons. The van der Waals surface area contributed by atoms with Gasteiger partial charge in [0.2, 0.25) is 0 Å². The number of hydrogen-bond acceptors (Lipinski definition) is 4. The zero-order valence-electron chi connectivity index (χ0n) is 19.2. The molecular formula is C26H27N5S2. The summed E-state index contributed by atoms with van der Waals surface area (Å²) < 4.78 is 2.23. The molecule has 0 unspecified atom stereocenters. The lowest BCUT2D eigenvalue weighted by molar-refractivity contribution is 0.565. The van der Waals surface area contributed by atoms with Crippen LogP contribution in [0.5, 0.6) is 0 Å². The highest BCUT2D eigenvalue weighted by molar-refractivity contribution is 7.80. The first-order valence-corrected chi connectivity index (χ1v) is 12.4. The van der Waals surface area contributed by atoms with Crippen LogP contribution in [0, 0.1) is 13.8 Å². The lowest BCUT2D eigenvalue weighted by Crippen LogP contribution is -2.29. The molecule has 1 saturated heterocycles. The summed E-state index contributed by atoms with van der Waals surface area (Å²) in [4.78, 5) is 11.5. The van der Waals surface area contributed by atoms with Gasteiger partial charge in [0.15, 0.2) is 10.2 Å². The van der Waals surface area contributed by atoms with Crippen molar-refractivity contribution in [2.45, 2.75) is 45.7 Å². The largest absolute Gasteiger partial charge is 0.351 e. The van der Waals surface area contributed by atoms with Gasteiger partial charge in [-0.1, -0.05) is 32.0 Å². The van der Waals surface area contributed by atoms with Gasteiger partial charge in [0.25, 0.3) is 0 Å². The topological polar surface area (TPSA) is 46.0 Å². The molecule has 5 rings (SSSR count). The first-order chi connectivity index (χ1) is 16.0. The van der Waals surface area contributed by atoms with Gasteiger partial charge in [-0.15, -0.1) is 11.3 Å². The number of aryl methyl sites for hydroxylation is 1. The molecule has 5 nitrogen and oxygen atoms in total. The second-order valence-corrected chi connectivity index (χ2v) is 9.98. The molecule has 1 N–H and O–H groups in total. The maximum absolute atomic E-state index is 5.89. The molecule has 1 aromatic carbocycles. The molecule has 0 amide bonds. The highest BCUT2D eigenvalue weighted by Crippen LogP contribution is 2.44. The first kappa shape index (κ1) is 21.8. The summed E-state index contributed by atoms with van der Waals surface area (Å²) >= 11 is 7.54. The van der Waals surface area contributed by atoms with Crippen molar-refractivity contribution < 1.29 is 0 Å². The molecule has 33 heavy (non-hydrogen) atoms. The molecule has 1 aliphatic heterocycles. The highest BCUT2D eigenvalue weighted by Gasteiger charge is 2.42. The van der Waals surface area contributed by atoms with Crippen molar-refractivity contribution in [1.29, 1.82) is 0 Å². The van der Waals surface area contributed by atoms with Crippen molar-refractivity contribution in [2.24, 2.45) is 0 Å². The summed E-state index contributed by atoms with van der Waals surface area (Å²) in [6.45, 7) is 8.73. The summed E-state index contributed by atoms with van der Waals surface area (Å²) in [5, 5.41) is 7.27. The van der Waals surface area contributed by atoms with E-state index in [9.17, 15) is 0 Å². The van der Waals surface area contributed by atoms with E-state index in [1.807, 2.05) is 29.9 Å². The molecule has 1 aliphatic rings. The fraction of sp³-hybridized carbons (Fsp3) is 0.269. The molecule has 0 bridgehead atoms. The fourth-order valence-corrected chi connectivity index (χ4v) is 5.77. The molecule has 4 heterocycles. The zero-order valence-corrected chi connectivity index (χ0v) is 20.8. The third-order valence-electron chi connectivity index (χ3n) is 6.34. The lowest BCUT2D eigenvalue weighted by Gasteiger charge is -2.28. The zero-order chi connectivity index (χ0) is 23.1. The number of pyridine rings is 1. The van der Waals surface area contributed by atoms with Crippen LogP contribution in [-0.2, 0) is 0 Å². The molecule has 4 aromatic rings. The molecule has 3 aromatic heterocycles. The molecule has 0 radical (unpaired) electrons. The van der Waals surface area contributed by atoms with Crippen molar-refractivity contribution in [2.75, 3.05) is 4.90 Å². The number of nitrogens with zero attached hydrogens (tertiary/aromatic N) is 4. The van der Waals surface area contributed by atoms with Gasteiger partial charge in [0.1, 0.15) is 0 Å². The summed E-state index contributed by atoms with van der Waals surface area (Å²) in [7, 11) is 0. The predicted molar refractivity (Wildman–Crippen MR) is 139 cm³/mol. The van der Waals surface area contributed by atoms with Gasteiger partial charge in [-0.05, 0) is 73.4 Å². The van der Waals surface area contributed by atoms with Gasteiger partial charge in [0, 0.05) is 34.8 Å². The van der Waals surface area contributed by atoms with E-state index in [-0.39, 0.29) is 12.1 Å². The van der Waals surface area contributed by atoms with Gasteiger partial charge < -0.3 is 10.2 Å². The Labute approximate surface area is 204 Å². The van der Waals surface area contributed by atoms with E-state index in [1.54, 1.807) is 11.3 Å². The molecule has 0 saturated carbocycles. The minimum Gasteiger partial charge on any atom is -0.351 e. The summed E-state index contributed by atoms with van der Waals surface area (Å²) in [6, 6.07) is 17.0. The molecule has 1 fully saturated rings. The first-order valence-electron chi connectivity index (χ1n) is 11.1. The Morgan fingerprint density at radius 3 is 2.45 bits per heavy atom. The van der Waals surface area contributed by atoms with Gasteiger partial charge in [0.05, 0.1) is 17.8 Å². The van der Waals surface area contributed by atoms with E-state index >= 15 is 0 Å². The van der Waals surface area contributed by atoms with E-state index in [0.717, 1.165) is 22.2 Å². The third-order valence-corrected chi connectivity index (χ3v) is 7.41. The van der Waals surface area contributed by atoms with Gasteiger partial charge >= 0.3 is 0 Å². The smallest absolute Gasteiger partial charge is 0.193 e. The number of nitrogens with one attached hydrogen (secondary N) is 1. The van der Waals surface area contributed by atoms with E-state index in [0.29, 0.717) is 11.0 Å². The standard InChI is InChI=1S/C26H27N5S2/c1-16(2)19-8-10-20(11-9-19)31-24(23(29-25(31)32)22-7-5-6-12-27-22)21-15-17(3)30(18(21)4)26-28-13-14-33-26/h5-16,23-24H,1-4H3,(H,29,32)/t23-,24+/m0/s1. The Morgan fingerprint density at radius 1 is 1.03 bits per heavy atom. The maximum atomic E-state index is 5.89. The van der Waals surface area contributed by atoms with E-state index in [4.69, 9.17) is 12.2 Å². The maximum Gasteiger partial charge on any atom is 0.193 e. The van der Waals surface area contributed by atoms with E-state index in [2.05, 4.69) is 88.8 Å². The molecular weight excluding hydrogens is 446 g/mol. The van der Waals surface area contributed by atoms with Crippen LogP contribution in [0.3, 0.4) is 0 Å². The van der Waals surface area contributed by atoms with E-state index < -0.39 is 0 Å². The van der Waals surface area contributed by atoms with Gasteiger partial charge in [-0.3, -0.25) is 9.55 Å². The van der Waals surface area contributed by atoms with Crippen LogP contribution in [0.4, 0.5) is 5.69 Å². The lowest BCUT2D eigenvalue weighted by atomic mass is 9.96. The van der Waals surface area contributed by atoms with Crippen LogP contribution < -0.4 is 10.2 Å². The van der Waals surface area contributed by atoms with Crippen LogP contribution in [0.15, 0.2) is 66.3 Å². The Balaban J connectivity index is 1.65. The minimum atomic E-state index is -0.0614. The molecule has 2 atom stereocenters. The minimum absolute atomic E-state index is 0.0304. The molecule has 0 spiro atoms. The average molecular weight is 474 g/mol. The summed E-state index contributed by atoms with van der Waals surface area (Å²) in [6.07, 6.45) is 3.69. The Kier molecular flexibility index (Phi) is 5.76. The summed E-state index contributed by atoms with van der Waals surface area (Å²) in [5.74, 6) is 0.483. The van der Waals surface area contributed by atoms with Crippen LogP contribution in [-0.4, -0.2) is 19.6 Å². The second kappa shape index (κ2) is 8.72. The number of anilines is 1. The van der Waals surface area contributed by atoms with Crippen molar-refractivity contribution in [3.8, 4) is 5.13 Å².